The van der Waals surface area contributed by atoms with Gasteiger partial charge in [0.15, 0.2) is 0 Å². The minimum Gasteiger partial charge on any atom is -0.475 e. The van der Waals surface area contributed by atoms with Gasteiger partial charge in [0.25, 0.3) is 0 Å². The number of thioether (sulfide) groups is 1. The number of hydrogen-bond acceptors (Lipinski definition) is 4. The summed E-state index contributed by atoms with van der Waals surface area (Å²) in [5.74, 6) is 0.648. The van der Waals surface area contributed by atoms with Crippen LogP contribution in [0.3, 0.4) is 0 Å². The molecule has 0 N–H and O–H groups in total. The first kappa shape index (κ1) is 10.3. The number of nitrogens with zero attached hydrogens (tertiary/aromatic N) is 1. The van der Waals surface area contributed by atoms with Crippen molar-refractivity contribution in [1.29, 1.82) is 0 Å². The Hall–Kier alpha value is -0.740. The Labute approximate surface area is 82.5 Å². The van der Waals surface area contributed by atoms with Crippen LogP contribution in [0.1, 0.15) is 0 Å². The molecule has 0 bridgehead atoms. The van der Waals surface area contributed by atoms with Crippen molar-refractivity contribution in [1.82, 2.24) is 4.98 Å². The lowest BCUT2D eigenvalue weighted by atomic mass is 10.5. The third kappa shape index (κ3) is 3.65. The zero-order chi connectivity index (χ0) is 9.52. The van der Waals surface area contributed by atoms with Gasteiger partial charge in [-0.15, -0.1) is 11.8 Å². The van der Waals surface area contributed by atoms with Gasteiger partial charge in [0.1, 0.15) is 6.61 Å². The van der Waals surface area contributed by atoms with Gasteiger partial charge in [0, 0.05) is 24.3 Å². The van der Waals surface area contributed by atoms with Crippen molar-refractivity contribution in [3.8, 4) is 5.88 Å². The summed E-state index contributed by atoms with van der Waals surface area (Å²) in [6.07, 6.45) is 3.81. The van der Waals surface area contributed by atoms with Gasteiger partial charge >= 0.3 is 0 Å². The fraction of sp³-hybridized carbons (Fsp3) is 0.444. The maximum atomic E-state index is 5.30. The molecule has 1 aromatic heterocycles. The highest BCUT2D eigenvalue weighted by Gasteiger charge is 1.94. The molecule has 1 heterocycles. The van der Waals surface area contributed by atoms with E-state index in [9.17, 15) is 0 Å². The van der Waals surface area contributed by atoms with Crippen LogP contribution in [0.5, 0.6) is 5.88 Å². The molecule has 0 aliphatic rings. The molecule has 1 aromatic rings. The molecule has 3 nitrogen and oxygen atoms in total. The zero-order valence-electron chi connectivity index (χ0n) is 7.82. The molecule has 0 amide bonds. The number of pyridine rings is 1. The molecule has 0 radical (unpaired) electrons. The average Bonchev–Trinajstić information content (AvgIpc) is 2.19. The number of rotatable bonds is 5. The maximum Gasteiger partial charge on any atom is 0.213 e. The first-order valence-electron chi connectivity index (χ1n) is 3.98. The second-order valence-corrected chi connectivity index (χ2v) is 3.26. The topological polar surface area (TPSA) is 31.4 Å². The van der Waals surface area contributed by atoms with E-state index in [1.54, 1.807) is 25.1 Å². The van der Waals surface area contributed by atoms with Gasteiger partial charge in [-0.2, -0.15) is 0 Å². The average molecular weight is 199 g/mol. The largest absolute Gasteiger partial charge is 0.475 e. The van der Waals surface area contributed by atoms with Gasteiger partial charge in [-0.05, 0) is 12.3 Å². The van der Waals surface area contributed by atoms with Crippen molar-refractivity contribution < 1.29 is 9.47 Å². The van der Waals surface area contributed by atoms with E-state index in [1.165, 1.54) is 0 Å². The highest BCUT2D eigenvalue weighted by atomic mass is 32.2. The van der Waals surface area contributed by atoms with E-state index in [0.29, 0.717) is 19.1 Å². The molecule has 0 aliphatic carbocycles. The number of methoxy groups -OCH3 is 1. The van der Waals surface area contributed by atoms with Crippen LogP contribution in [0.15, 0.2) is 23.2 Å². The van der Waals surface area contributed by atoms with Gasteiger partial charge in [-0.1, -0.05) is 0 Å². The first-order chi connectivity index (χ1) is 6.36. The van der Waals surface area contributed by atoms with E-state index in [0.717, 1.165) is 4.90 Å². The minimum absolute atomic E-state index is 0.544. The van der Waals surface area contributed by atoms with Crippen molar-refractivity contribution in [3.63, 3.8) is 0 Å². The Morgan fingerprint density at radius 1 is 1.38 bits per heavy atom. The molecular formula is C9H13NO2S. The standard InChI is InChI=1S/C9H13NO2S/c1-11-5-6-12-9-4-3-8(13-2)7-10-9/h3-4,7H,5-6H2,1-2H3. The summed E-state index contributed by atoms with van der Waals surface area (Å²) in [4.78, 5) is 5.26. The molecule has 4 heteroatoms. The van der Waals surface area contributed by atoms with Crippen LogP contribution in [0.25, 0.3) is 0 Å². The second-order valence-electron chi connectivity index (χ2n) is 2.38. The SMILES string of the molecule is COCCOc1ccc(SC)cn1. The van der Waals surface area contributed by atoms with E-state index in [4.69, 9.17) is 9.47 Å². The van der Waals surface area contributed by atoms with Gasteiger partial charge < -0.3 is 9.47 Å². The van der Waals surface area contributed by atoms with Crippen molar-refractivity contribution in [2.24, 2.45) is 0 Å². The van der Waals surface area contributed by atoms with Crippen LogP contribution in [-0.2, 0) is 4.74 Å². The number of ether oxygens (including phenoxy) is 2. The van der Waals surface area contributed by atoms with E-state index in [1.807, 2.05) is 18.4 Å². The second kappa shape index (κ2) is 5.83. The van der Waals surface area contributed by atoms with Crippen LogP contribution in [0.2, 0.25) is 0 Å². The van der Waals surface area contributed by atoms with Crippen molar-refractivity contribution >= 4 is 11.8 Å². The Morgan fingerprint density at radius 3 is 2.77 bits per heavy atom. The summed E-state index contributed by atoms with van der Waals surface area (Å²) in [5.41, 5.74) is 0. The Balaban J connectivity index is 2.40. The highest BCUT2D eigenvalue weighted by Crippen LogP contribution is 2.15. The molecular weight excluding hydrogens is 186 g/mol. The smallest absolute Gasteiger partial charge is 0.213 e. The Bertz CT molecular complexity index is 238. The highest BCUT2D eigenvalue weighted by molar-refractivity contribution is 7.98. The lowest BCUT2D eigenvalue weighted by Gasteiger charge is -2.04. The molecule has 0 spiro atoms. The summed E-state index contributed by atoms with van der Waals surface area (Å²) >= 11 is 1.66. The molecule has 0 aliphatic heterocycles. The van der Waals surface area contributed by atoms with Crippen molar-refractivity contribution in [2.45, 2.75) is 4.90 Å². The lowest BCUT2D eigenvalue weighted by Crippen LogP contribution is -2.04. The number of hydrogen-bond donors (Lipinski definition) is 0. The van der Waals surface area contributed by atoms with Crippen LogP contribution >= 0.6 is 11.8 Å². The van der Waals surface area contributed by atoms with Crippen LogP contribution in [-0.4, -0.2) is 31.6 Å². The Morgan fingerprint density at radius 2 is 2.23 bits per heavy atom. The molecule has 1 rings (SSSR count). The van der Waals surface area contributed by atoms with E-state index in [2.05, 4.69) is 4.98 Å². The van der Waals surface area contributed by atoms with Gasteiger partial charge in [-0.25, -0.2) is 4.98 Å². The third-order valence-electron chi connectivity index (χ3n) is 1.48. The third-order valence-corrected chi connectivity index (χ3v) is 2.20. The van der Waals surface area contributed by atoms with Gasteiger partial charge in [0.2, 0.25) is 5.88 Å². The van der Waals surface area contributed by atoms with E-state index in [-0.39, 0.29) is 0 Å². The fourth-order valence-electron chi connectivity index (χ4n) is 0.802. The van der Waals surface area contributed by atoms with Crippen LogP contribution in [0.4, 0.5) is 0 Å². The van der Waals surface area contributed by atoms with Crippen molar-refractivity contribution in [3.05, 3.63) is 18.3 Å². The summed E-state index contributed by atoms with van der Waals surface area (Å²) in [7, 11) is 1.65. The van der Waals surface area contributed by atoms with Gasteiger partial charge in [0.05, 0.1) is 6.61 Å². The van der Waals surface area contributed by atoms with Gasteiger partial charge in [-0.3, -0.25) is 0 Å². The molecule has 72 valence electrons. The molecule has 0 saturated heterocycles. The van der Waals surface area contributed by atoms with E-state index >= 15 is 0 Å². The summed E-state index contributed by atoms with van der Waals surface area (Å²) < 4.78 is 10.2. The minimum atomic E-state index is 0.544. The fourth-order valence-corrected chi connectivity index (χ4v) is 1.16. The molecule has 0 unspecified atom stereocenters. The first-order valence-corrected chi connectivity index (χ1v) is 5.21. The zero-order valence-corrected chi connectivity index (χ0v) is 8.63. The molecule has 0 atom stereocenters. The van der Waals surface area contributed by atoms with E-state index < -0.39 is 0 Å². The normalized spacial score (nSPS) is 10.0. The van der Waals surface area contributed by atoms with Crippen LogP contribution < -0.4 is 4.74 Å². The maximum absolute atomic E-state index is 5.30. The Kier molecular flexibility index (Phi) is 4.64. The molecule has 0 saturated carbocycles. The molecule has 13 heavy (non-hydrogen) atoms. The quantitative estimate of drug-likeness (QED) is 0.535. The summed E-state index contributed by atoms with van der Waals surface area (Å²) in [6.45, 7) is 1.13. The molecule has 0 fully saturated rings. The van der Waals surface area contributed by atoms with Crippen molar-refractivity contribution in [2.75, 3.05) is 26.6 Å². The number of aromatic nitrogens is 1. The van der Waals surface area contributed by atoms with Crippen LogP contribution in [0, 0.1) is 0 Å². The lowest BCUT2D eigenvalue weighted by molar-refractivity contribution is 0.143. The predicted molar refractivity (Wildman–Crippen MR) is 53.4 cm³/mol. The summed E-state index contributed by atoms with van der Waals surface area (Å²) in [5, 5.41) is 0. The predicted octanol–water partition coefficient (Wildman–Crippen LogP) is 1.83. The molecule has 0 aromatic carbocycles. The monoisotopic (exact) mass is 199 g/mol. The summed E-state index contributed by atoms with van der Waals surface area (Å²) in [6, 6.07) is 3.85.